The number of nitrogens with one attached hydrogen (secondary N) is 1. The van der Waals surface area contributed by atoms with Gasteiger partial charge in [-0.05, 0) is 49.6 Å². The number of carbonyl (C=O) groups is 1. The number of piperidine rings is 1. The summed E-state index contributed by atoms with van der Waals surface area (Å²) in [5.41, 5.74) is 0.747. The SMILES string of the molecule is O=C(Cc1cc(Cl)ccc1Cl)NCCCN1CCC(O)CC1. The lowest BCUT2D eigenvalue weighted by atomic mass is 10.1. The van der Waals surface area contributed by atoms with Gasteiger partial charge in [0.15, 0.2) is 0 Å². The molecule has 0 saturated carbocycles. The summed E-state index contributed by atoms with van der Waals surface area (Å²) in [6, 6.07) is 5.14. The molecule has 2 N–H and O–H groups in total. The highest BCUT2D eigenvalue weighted by atomic mass is 35.5. The van der Waals surface area contributed by atoms with Gasteiger partial charge in [-0.2, -0.15) is 0 Å². The number of halogens is 2. The maximum atomic E-state index is 11.9. The van der Waals surface area contributed by atoms with Crippen molar-refractivity contribution in [3.63, 3.8) is 0 Å². The average Bonchev–Trinajstić information content (AvgIpc) is 2.49. The molecule has 0 spiro atoms. The van der Waals surface area contributed by atoms with Crippen LogP contribution in [0.3, 0.4) is 0 Å². The fraction of sp³-hybridized carbons (Fsp3) is 0.562. The maximum Gasteiger partial charge on any atom is 0.224 e. The minimum atomic E-state index is -0.140. The van der Waals surface area contributed by atoms with E-state index in [9.17, 15) is 9.90 Å². The van der Waals surface area contributed by atoms with Gasteiger partial charge in [0, 0.05) is 29.7 Å². The van der Waals surface area contributed by atoms with Crippen molar-refractivity contribution in [2.24, 2.45) is 0 Å². The van der Waals surface area contributed by atoms with Crippen LogP contribution in [0.4, 0.5) is 0 Å². The van der Waals surface area contributed by atoms with E-state index < -0.39 is 0 Å². The molecule has 0 radical (unpaired) electrons. The van der Waals surface area contributed by atoms with E-state index in [0.29, 0.717) is 16.6 Å². The molecule has 4 nitrogen and oxygen atoms in total. The number of amides is 1. The number of carbonyl (C=O) groups excluding carboxylic acids is 1. The predicted octanol–water partition coefficient (Wildman–Crippen LogP) is 2.50. The van der Waals surface area contributed by atoms with Crippen molar-refractivity contribution in [2.75, 3.05) is 26.2 Å². The zero-order chi connectivity index (χ0) is 15.9. The highest BCUT2D eigenvalue weighted by Gasteiger charge is 2.16. The van der Waals surface area contributed by atoms with Crippen molar-refractivity contribution in [3.05, 3.63) is 33.8 Å². The Morgan fingerprint density at radius 1 is 1.32 bits per heavy atom. The molecule has 0 aromatic heterocycles. The fourth-order valence-electron chi connectivity index (χ4n) is 2.59. The van der Waals surface area contributed by atoms with Crippen molar-refractivity contribution in [2.45, 2.75) is 31.8 Å². The van der Waals surface area contributed by atoms with E-state index >= 15 is 0 Å². The number of aliphatic hydroxyl groups excluding tert-OH is 1. The van der Waals surface area contributed by atoms with Crippen molar-refractivity contribution in [3.8, 4) is 0 Å². The molecule has 0 atom stereocenters. The van der Waals surface area contributed by atoms with E-state index in [1.165, 1.54) is 0 Å². The van der Waals surface area contributed by atoms with Crippen LogP contribution < -0.4 is 5.32 Å². The summed E-state index contributed by atoms with van der Waals surface area (Å²) in [4.78, 5) is 14.2. The molecule has 0 unspecified atom stereocenters. The summed E-state index contributed by atoms with van der Waals surface area (Å²) >= 11 is 12.0. The van der Waals surface area contributed by atoms with Gasteiger partial charge in [0.05, 0.1) is 12.5 Å². The van der Waals surface area contributed by atoms with Crippen LogP contribution in [0, 0.1) is 0 Å². The van der Waals surface area contributed by atoms with Crippen LogP contribution in [0.1, 0.15) is 24.8 Å². The van der Waals surface area contributed by atoms with E-state index in [2.05, 4.69) is 10.2 Å². The maximum absolute atomic E-state index is 11.9. The molecule has 1 fully saturated rings. The summed E-state index contributed by atoms with van der Waals surface area (Å²) < 4.78 is 0. The molecule has 1 aliphatic rings. The van der Waals surface area contributed by atoms with Crippen molar-refractivity contribution < 1.29 is 9.90 Å². The third-order valence-corrected chi connectivity index (χ3v) is 4.49. The molecule has 1 saturated heterocycles. The van der Waals surface area contributed by atoms with Gasteiger partial charge in [-0.15, -0.1) is 0 Å². The van der Waals surface area contributed by atoms with Gasteiger partial charge in [-0.3, -0.25) is 4.79 Å². The molecule has 1 aliphatic heterocycles. The van der Waals surface area contributed by atoms with Gasteiger partial charge in [-0.1, -0.05) is 23.2 Å². The van der Waals surface area contributed by atoms with Crippen LogP contribution in [0.2, 0.25) is 10.0 Å². The van der Waals surface area contributed by atoms with E-state index in [0.717, 1.165) is 44.5 Å². The minimum Gasteiger partial charge on any atom is -0.393 e. The zero-order valence-corrected chi connectivity index (χ0v) is 14.0. The van der Waals surface area contributed by atoms with Gasteiger partial charge < -0.3 is 15.3 Å². The Hall–Kier alpha value is -0.810. The van der Waals surface area contributed by atoms with Gasteiger partial charge in [0.2, 0.25) is 5.91 Å². The lowest BCUT2D eigenvalue weighted by Crippen LogP contribution is -2.37. The smallest absolute Gasteiger partial charge is 0.224 e. The third kappa shape index (κ3) is 5.76. The van der Waals surface area contributed by atoms with E-state index in [1.807, 2.05) is 0 Å². The summed E-state index contributed by atoms with van der Waals surface area (Å²) in [5.74, 6) is -0.0433. The summed E-state index contributed by atoms with van der Waals surface area (Å²) in [6.07, 6.45) is 2.71. The standard InChI is InChI=1S/C16H22Cl2N2O2/c17-13-2-3-15(18)12(10-13)11-16(22)19-6-1-7-20-8-4-14(21)5-9-20/h2-3,10,14,21H,1,4-9,11H2,(H,19,22). The predicted molar refractivity (Wildman–Crippen MR) is 89.5 cm³/mol. The van der Waals surface area contributed by atoms with Crippen LogP contribution in [0.15, 0.2) is 18.2 Å². The molecular weight excluding hydrogens is 323 g/mol. The molecule has 2 rings (SSSR count). The topological polar surface area (TPSA) is 52.6 Å². The van der Waals surface area contributed by atoms with E-state index in [4.69, 9.17) is 23.2 Å². The van der Waals surface area contributed by atoms with Crippen molar-refractivity contribution in [1.82, 2.24) is 10.2 Å². The largest absolute Gasteiger partial charge is 0.393 e. The number of rotatable bonds is 6. The van der Waals surface area contributed by atoms with Crippen LogP contribution in [0.5, 0.6) is 0 Å². The molecular formula is C16H22Cl2N2O2. The lowest BCUT2D eigenvalue weighted by Gasteiger charge is -2.29. The second kappa shape index (κ2) is 8.73. The molecule has 0 bridgehead atoms. The Balaban J connectivity index is 1.64. The Labute approximate surface area is 141 Å². The van der Waals surface area contributed by atoms with Gasteiger partial charge in [-0.25, -0.2) is 0 Å². The molecule has 6 heteroatoms. The normalized spacial score (nSPS) is 16.7. The highest BCUT2D eigenvalue weighted by Crippen LogP contribution is 2.20. The highest BCUT2D eigenvalue weighted by molar-refractivity contribution is 6.33. The Kier molecular flexibility index (Phi) is 6.96. The first-order valence-electron chi connectivity index (χ1n) is 7.65. The summed E-state index contributed by atoms with van der Waals surface area (Å²) in [6.45, 7) is 3.47. The van der Waals surface area contributed by atoms with Crippen molar-refractivity contribution in [1.29, 1.82) is 0 Å². The van der Waals surface area contributed by atoms with Gasteiger partial charge in [0.1, 0.15) is 0 Å². The van der Waals surface area contributed by atoms with Crippen LogP contribution >= 0.6 is 23.2 Å². The molecule has 0 aliphatic carbocycles. The number of hydrogen-bond donors (Lipinski definition) is 2. The molecule has 1 aromatic carbocycles. The van der Waals surface area contributed by atoms with Gasteiger partial charge in [0.25, 0.3) is 0 Å². The summed E-state index contributed by atoms with van der Waals surface area (Å²) in [7, 11) is 0. The Morgan fingerprint density at radius 3 is 2.77 bits per heavy atom. The molecule has 122 valence electrons. The average molecular weight is 345 g/mol. The first-order valence-corrected chi connectivity index (χ1v) is 8.41. The van der Waals surface area contributed by atoms with E-state index in [-0.39, 0.29) is 18.4 Å². The quantitative estimate of drug-likeness (QED) is 0.779. The van der Waals surface area contributed by atoms with Crippen LogP contribution in [0.25, 0.3) is 0 Å². The monoisotopic (exact) mass is 344 g/mol. The Morgan fingerprint density at radius 2 is 2.05 bits per heavy atom. The second-order valence-electron chi connectivity index (χ2n) is 5.69. The fourth-order valence-corrected chi connectivity index (χ4v) is 2.97. The molecule has 1 aromatic rings. The molecule has 1 heterocycles. The lowest BCUT2D eigenvalue weighted by molar-refractivity contribution is -0.120. The zero-order valence-electron chi connectivity index (χ0n) is 12.5. The number of benzene rings is 1. The van der Waals surface area contributed by atoms with Crippen LogP contribution in [-0.4, -0.2) is 48.2 Å². The first kappa shape index (κ1) is 17.5. The van der Waals surface area contributed by atoms with Crippen molar-refractivity contribution >= 4 is 29.1 Å². The van der Waals surface area contributed by atoms with E-state index in [1.54, 1.807) is 18.2 Å². The number of hydrogen-bond acceptors (Lipinski definition) is 3. The number of aliphatic hydroxyl groups is 1. The number of likely N-dealkylation sites (tertiary alicyclic amines) is 1. The number of nitrogens with zero attached hydrogens (tertiary/aromatic N) is 1. The second-order valence-corrected chi connectivity index (χ2v) is 6.53. The van der Waals surface area contributed by atoms with Gasteiger partial charge >= 0.3 is 0 Å². The molecule has 1 amide bonds. The molecule has 22 heavy (non-hydrogen) atoms. The summed E-state index contributed by atoms with van der Waals surface area (Å²) in [5, 5.41) is 13.5. The van der Waals surface area contributed by atoms with Crippen LogP contribution in [-0.2, 0) is 11.2 Å². The first-order chi connectivity index (χ1) is 10.5. The Bertz CT molecular complexity index is 503. The minimum absolute atomic E-state index is 0.0433. The third-order valence-electron chi connectivity index (χ3n) is 3.89.